The first-order valence-electron chi connectivity index (χ1n) is 4.55. The number of aromatic nitrogens is 2. The standard InChI is InChI=1S/C9H12BrN3/c1-2-13(7-3-4-7)9-6-11-8(10)5-12-9/h5-7H,2-4H2,1H3. The van der Waals surface area contributed by atoms with Crippen LogP contribution < -0.4 is 4.90 Å². The molecule has 2 rings (SSSR count). The lowest BCUT2D eigenvalue weighted by Crippen LogP contribution is -2.25. The van der Waals surface area contributed by atoms with E-state index in [9.17, 15) is 0 Å². The van der Waals surface area contributed by atoms with Crippen LogP contribution in [0.2, 0.25) is 0 Å². The maximum Gasteiger partial charge on any atom is 0.147 e. The van der Waals surface area contributed by atoms with Gasteiger partial charge in [-0.25, -0.2) is 9.97 Å². The van der Waals surface area contributed by atoms with Crippen LogP contribution in [0, 0.1) is 0 Å². The van der Waals surface area contributed by atoms with Crippen molar-refractivity contribution in [3.63, 3.8) is 0 Å². The Hall–Kier alpha value is -0.640. The zero-order valence-electron chi connectivity index (χ0n) is 7.57. The third kappa shape index (κ3) is 1.99. The van der Waals surface area contributed by atoms with E-state index in [1.54, 1.807) is 6.20 Å². The highest BCUT2D eigenvalue weighted by molar-refractivity contribution is 9.10. The zero-order valence-corrected chi connectivity index (χ0v) is 9.16. The molecule has 13 heavy (non-hydrogen) atoms. The van der Waals surface area contributed by atoms with Crippen molar-refractivity contribution in [2.24, 2.45) is 0 Å². The fourth-order valence-electron chi connectivity index (χ4n) is 1.45. The second-order valence-electron chi connectivity index (χ2n) is 3.21. The second kappa shape index (κ2) is 3.62. The Balaban J connectivity index is 2.17. The summed E-state index contributed by atoms with van der Waals surface area (Å²) in [5, 5.41) is 0. The molecule has 0 N–H and O–H groups in total. The van der Waals surface area contributed by atoms with Crippen molar-refractivity contribution >= 4 is 21.7 Å². The third-order valence-corrected chi connectivity index (χ3v) is 2.64. The van der Waals surface area contributed by atoms with E-state index in [1.165, 1.54) is 12.8 Å². The predicted molar refractivity (Wildman–Crippen MR) is 55.8 cm³/mol. The van der Waals surface area contributed by atoms with E-state index in [4.69, 9.17) is 0 Å². The van der Waals surface area contributed by atoms with E-state index in [2.05, 4.69) is 37.7 Å². The van der Waals surface area contributed by atoms with Gasteiger partial charge in [0.25, 0.3) is 0 Å². The van der Waals surface area contributed by atoms with Gasteiger partial charge in [-0.15, -0.1) is 0 Å². The molecule has 70 valence electrons. The number of rotatable bonds is 3. The van der Waals surface area contributed by atoms with E-state index >= 15 is 0 Å². The van der Waals surface area contributed by atoms with Crippen molar-refractivity contribution in [3.05, 3.63) is 17.0 Å². The van der Waals surface area contributed by atoms with Gasteiger partial charge in [0, 0.05) is 12.6 Å². The van der Waals surface area contributed by atoms with Crippen molar-refractivity contribution in [1.29, 1.82) is 0 Å². The van der Waals surface area contributed by atoms with E-state index in [0.717, 1.165) is 17.0 Å². The van der Waals surface area contributed by atoms with Gasteiger partial charge in [0.05, 0.1) is 12.4 Å². The summed E-state index contributed by atoms with van der Waals surface area (Å²) in [6.07, 6.45) is 6.17. The number of hydrogen-bond acceptors (Lipinski definition) is 3. The topological polar surface area (TPSA) is 29.0 Å². The van der Waals surface area contributed by atoms with Gasteiger partial charge in [-0.3, -0.25) is 0 Å². The molecule has 1 aliphatic carbocycles. The van der Waals surface area contributed by atoms with Gasteiger partial charge in [0.15, 0.2) is 0 Å². The Labute approximate surface area is 86.3 Å². The van der Waals surface area contributed by atoms with Crippen molar-refractivity contribution in [2.75, 3.05) is 11.4 Å². The van der Waals surface area contributed by atoms with E-state index in [0.29, 0.717) is 6.04 Å². The molecular formula is C9H12BrN3. The lowest BCUT2D eigenvalue weighted by molar-refractivity contribution is 0.802. The number of halogens is 1. The highest BCUT2D eigenvalue weighted by Gasteiger charge is 2.28. The SMILES string of the molecule is CCN(c1cnc(Br)cn1)C1CC1. The molecule has 0 saturated heterocycles. The molecule has 1 saturated carbocycles. The molecule has 1 aromatic rings. The van der Waals surface area contributed by atoms with Crippen LogP contribution in [0.3, 0.4) is 0 Å². The third-order valence-electron chi connectivity index (χ3n) is 2.23. The first-order chi connectivity index (χ1) is 6.31. The fourth-order valence-corrected chi connectivity index (χ4v) is 1.65. The number of anilines is 1. The Bertz CT molecular complexity index is 281. The number of nitrogens with zero attached hydrogens (tertiary/aromatic N) is 3. The Morgan fingerprint density at radius 3 is 2.69 bits per heavy atom. The summed E-state index contributed by atoms with van der Waals surface area (Å²) in [5.74, 6) is 0.994. The van der Waals surface area contributed by atoms with Crippen molar-refractivity contribution in [2.45, 2.75) is 25.8 Å². The van der Waals surface area contributed by atoms with Gasteiger partial charge in [0.1, 0.15) is 10.4 Å². The minimum atomic E-state index is 0.709. The Kier molecular flexibility index (Phi) is 2.49. The summed E-state index contributed by atoms with van der Waals surface area (Å²) in [6, 6.07) is 0.709. The average molecular weight is 242 g/mol. The lowest BCUT2D eigenvalue weighted by Gasteiger charge is -2.20. The molecule has 0 radical (unpaired) electrons. The molecule has 0 bridgehead atoms. The molecule has 4 heteroatoms. The van der Waals surface area contributed by atoms with E-state index in [1.807, 2.05) is 6.20 Å². The van der Waals surface area contributed by atoms with E-state index in [-0.39, 0.29) is 0 Å². The van der Waals surface area contributed by atoms with Crippen molar-refractivity contribution in [1.82, 2.24) is 9.97 Å². The summed E-state index contributed by atoms with van der Waals surface area (Å²) in [7, 11) is 0. The quantitative estimate of drug-likeness (QED) is 0.813. The highest BCUT2D eigenvalue weighted by atomic mass is 79.9. The molecule has 0 atom stereocenters. The lowest BCUT2D eigenvalue weighted by atomic mass is 10.4. The molecule has 0 amide bonds. The van der Waals surface area contributed by atoms with Gasteiger partial charge in [-0.1, -0.05) is 0 Å². The summed E-state index contributed by atoms with van der Waals surface area (Å²) < 4.78 is 0.795. The van der Waals surface area contributed by atoms with Crippen LogP contribution in [-0.2, 0) is 0 Å². The van der Waals surface area contributed by atoms with Crippen molar-refractivity contribution < 1.29 is 0 Å². The maximum absolute atomic E-state index is 4.33. The zero-order chi connectivity index (χ0) is 9.26. The maximum atomic E-state index is 4.33. The minimum absolute atomic E-state index is 0.709. The minimum Gasteiger partial charge on any atom is -0.353 e. The molecule has 0 aromatic carbocycles. The monoisotopic (exact) mass is 241 g/mol. The normalized spacial score (nSPS) is 15.8. The van der Waals surface area contributed by atoms with Crippen LogP contribution in [0.5, 0.6) is 0 Å². The number of hydrogen-bond donors (Lipinski definition) is 0. The van der Waals surface area contributed by atoms with Gasteiger partial charge in [-0.2, -0.15) is 0 Å². The molecule has 1 aliphatic rings. The largest absolute Gasteiger partial charge is 0.353 e. The first kappa shape index (κ1) is 8.94. The molecular weight excluding hydrogens is 230 g/mol. The van der Waals surface area contributed by atoms with Crippen molar-refractivity contribution in [3.8, 4) is 0 Å². The molecule has 1 aromatic heterocycles. The molecule has 0 unspecified atom stereocenters. The summed E-state index contributed by atoms with van der Waals surface area (Å²) in [5.41, 5.74) is 0. The molecule has 3 nitrogen and oxygen atoms in total. The van der Waals surface area contributed by atoms with Gasteiger partial charge in [-0.05, 0) is 35.7 Å². The van der Waals surface area contributed by atoms with Gasteiger partial charge < -0.3 is 4.90 Å². The van der Waals surface area contributed by atoms with Crippen LogP contribution in [0.15, 0.2) is 17.0 Å². The fraction of sp³-hybridized carbons (Fsp3) is 0.556. The molecule has 1 fully saturated rings. The molecule has 0 spiro atoms. The van der Waals surface area contributed by atoms with Crippen LogP contribution >= 0.6 is 15.9 Å². The predicted octanol–water partition coefficient (Wildman–Crippen LogP) is 2.23. The van der Waals surface area contributed by atoms with Crippen LogP contribution in [-0.4, -0.2) is 22.6 Å². The Morgan fingerprint density at radius 1 is 1.46 bits per heavy atom. The van der Waals surface area contributed by atoms with Crippen LogP contribution in [0.1, 0.15) is 19.8 Å². The van der Waals surface area contributed by atoms with Gasteiger partial charge >= 0.3 is 0 Å². The smallest absolute Gasteiger partial charge is 0.147 e. The average Bonchev–Trinajstić information content (AvgIpc) is 2.93. The Morgan fingerprint density at radius 2 is 2.23 bits per heavy atom. The summed E-state index contributed by atoms with van der Waals surface area (Å²) in [4.78, 5) is 10.8. The summed E-state index contributed by atoms with van der Waals surface area (Å²) >= 11 is 3.28. The molecule has 1 heterocycles. The second-order valence-corrected chi connectivity index (χ2v) is 4.03. The highest BCUT2D eigenvalue weighted by Crippen LogP contribution is 2.29. The van der Waals surface area contributed by atoms with Crippen LogP contribution in [0.25, 0.3) is 0 Å². The van der Waals surface area contributed by atoms with E-state index < -0.39 is 0 Å². The first-order valence-corrected chi connectivity index (χ1v) is 5.34. The summed E-state index contributed by atoms with van der Waals surface area (Å²) in [6.45, 7) is 3.17. The van der Waals surface area contributed by atoms with Crippen LogP contribution in [0.4, 0.5) is 5.82 Å². The van der Waals surface area contributed by atoms with Gasteiger partial charge in [0.2, 0.25) is 0 Å². The molecule has 0 aliphatic heterocycles.